The van der Waals surface area contributed by atoms with Gasteiger partial charge in [-0.2, -0.15) is 4.98 Å². The number of ether oxygens (including phenoxy) is 1. The van der Waals surface area contributed by atoms with Gasteiger partial charge in [-0.3, -0.25) is 0 Å². The minimum absolute atomic E-state index is 0.229. The van der Waals surface area contributed by atoms with E-state index < -0.39 is 0 Å². The van der Waals surface area contributed by atoms with Crippen LogP contribution in [0.1, 0.15) is 13.8 Å². The maximum absolute atomic E-state index is 5.74. The smallest absolute Gasteiger partial charge is 0.241 e. The summed E-state index contributed by atoms with van der Waals surface area (Å²) in [5, 5.41) is 0.229. The van der Waals surface area contributed by atoms with Crippen molar-refractivity contribution < 1.29 is 4.74 Å². The van der Waals surface area contributed by atoms with Gasteiger partial charge in [0.15, 0.2) is 5.15 Å². The second kappa shape index (κ2) is 6.50. The van der Waals surface area contributed by atoms with Crippen molar-refractivity contribution in [3.8, 4) is 5.88 Å². The first kappa shape index (κ1) is 13.0. The van der Waals surface area contributed by atoms with Crippen LogP contribution in [-0.4, -0.2) is 41.1 Å². The minimum atomic E-state index is 0.229. The van der Waals surface area contributed by atoms with Crippen LogP contribution in [0.15, 0.2) is 6.33 Å². The van der Waals surface area contributed by atoms with E-state index in [0.717, 1.165) is 19.6 Å². The van der Waals surface area contributed by atoms with Crippen LogP contribution in [0.4, 0.5) is 5.69 Å². The second-order valence-corrected chi connectivity index (χ2v) is 3.62. The van der Waals surface area contributed by atoms with Gasteiger partial charge in [-0.05, 0) is 13.1 Å². The van der Waals surface area contributed by atoms with E-state index in [1.165, 1.54) is 6.33 Å². The molecule has 5 nitrogen and oxygen atoms in total. The molecule has 0 saturated heterocycles. The van der Waals surface area contributed by atoms with Crippen LogP contribution in [-0.2, 0) is 0 Å². The van der Waals surface area contributed by atoms with Crippen LogP contribution < -0.4 is 10.5 Å². The Hall–Kier alpha value is -1.07. The predicted octanol–water partition coefficient (Wildman–Crippen LogP) is 1.43. The fraction of sp³-hybridized carbons (Fsp3) is 0.600. The number of nitrogens with zero attached hydrogens (tertiary/aromatic N) is 3. The Bertz CT molecular complexity index is 331. The summed E-state index contributed by atoms with van der Waals surface area (Å²) in [5.74, 6) is 0.354. The summed E-state index contributed by atoms with van der Waals surface area (Å²) < 4.78 is 5.45. The highest BCUT2D eigenvalue weighted by Gasteiger charge is 2.07. The van der Waals surface area contributed by atoms with E-state index >= 15 is 0 Å². The van der Waals surface area contributed by atoms with E-state index in [0.29, 0.717) is 18.2 Å². The number of aromatic nitrogens is 2. The van der Waals surface area contributed by atoms with Gasteiger partial charge in [-0.25, -0.2) is 4.98 Å². The number of anilines is 1. The molecule has 0 bridgehead atoms. The first-order valence-corrected chi connectivity index (χ1v) is 5.67. The lowest BCUT2D eigenvalue weighted by Crippen LogP contribution is -2.28. The summed E-state index contributed by atoms with van der Waals surface area (Å²) in [6, 6.07) is 0. The van der Waals surface area contributed by atoms with Gasteiger partial charge in [0.05, 0.1) is 0 Å². The van der Waals surface area contributed by atoms with E-state index in [1.807, 2.05) is 0 Å². The Kier molecular flexibility index (Phi) is 5.28. The standard InChI is InChI=1S/C10H17ClN4O/c1-3-15(4-2)5-6-16-10-8(12)9(11)13-7-14-10/h7H,3-6,12H2,1-2H3. The molecule has 16 heavy (non-hydrogen) atoms. The third-order valence-electron chi connectivity index (χ3n) is 2.34. The normalized spacial score (nSPS) is 10.8. The lowest BCUT2D eigenvalue weighted by Gasteiger charge is -2.17. The zero-order valence-corrected chi connectivity index (χ0v) is 10.4. The van der Waals surface area contributed by atoms with Crippen LogP contribution in [0.3, 0.4) is 0 Å². The first-order chi connectivity index (χ1) is 7.69. The van der Waals surface area contributed by atoms with E-state index in [2.05, 4.69) is 28.7 Å². The SMILES string of the molecule is CCN(CC)CCOc1ncnc(Cl)c1N. The molecule has 0 atom stereocenters. The molecule has 0 unspecified atom stereocenters. The van der Waals surface area contributed by atoms with Crippen molar-refractivity contribution >= 4 is 17.3 Å². The summed E-state index contributed by atoms with van der Waals surface area (Å²) in [7, 11) is 0. The van der Waals surface area contributed by atoms with E-state index in [-0.39, 0.29) is 5.15 Å². The molecule has 0 aliphatic rings. The molecule has 0 spiro atoms. The van der Waals surface area contributed by atoms with Crippen LogP contribution in [0.2, 0.25) is 5.15 Å². The third-order valence-corrected chi connectivity index (χ3v) is 2.64. The molecule has 1 rings (SSSR count). The molecule has 0 fully saturated rings. The van der Waals surface area contributed by atoms with E-state index in [4.69, 9.17) is 22.1 Å². The molecule has 0 radical (unpaired) electrons. The fourth-order valence-electron chi connectivity index (χ4n) is 1.29. The summed E-state index contributed by atoms with van der Waals surface area (Å²) in [6.45, 7) is 7.60. The molecule has 90 valence electrons. The molecule has 0 aliphatic carbocycles. The topological polar surface area (TPSA) is 64.3 Å². The highest BCUT2D eigenvalue weighted by atomic mass is 35.5. The Balaban J connectivity index is 2.46. The average Bonchev–Trinajstić information content (AvgIpc) is 2.30. The molecule has 0 aromatic carbocycles. The predicted molar refractivity (Wildman–Crippen MR) is 64.7 cm³/mol. The van der Waals surface area contributed by atoms with Crippen LogP contribution in [0.5, 0.6) is 5.88 Å². The summed E-state index contributed by atoms with van der Waals surface area (Å²) in [6.07, 6.45) is 1.34. The number of hydrogen-bond acceptors (Lipinski definition) is 5. The van der Waals surface area contributed by atoms with Gasteiger partial charge in [0.2, 0.25) is 5.88 Å². The van der Waals surface area contributed by atoms with Crippen LogP contribution in [0.25, 0.3) is 0 Å². The van der Waals surface area contributed by atoms with Crippen LogP contribution in [0, 0.1) is 0 Å². The van der Waals surface area contributed by atoms with Crippen molar-refractivity contribution in [3.63, 3.8) is 0 Å². The van der Waals surface area contributed by atoms with Gasteiger partial charge in [0, 0.05) is 6.54 Å². The zero-order chi connectivity index (χ0) is 12.0. The molecule has 1 heterocycles. The molecule has 0 aliphatic heterocycles. The molecule has 6 heteroatoms. The zero-order valence-electron chi connectivity index (χ0n) is 9.61. The Morgan fingerprint density at radius 1 is 1.38 bits per heavy atom. The van der Waals surface area contributed by atoms with Crippen molar-refractivity contribution in [3.05, 3.63) is 11.5 Å². The molecular formula is C10H17ClN4O. The minimum Gasteiger partial charge on any atom is -0.475 e. The van der Waals surface area contributed by atoms with Crippen molar-refractivity contribution in [1.82, 2.24) is 14.9 Å². The Labute approximate surface area is 101 Å². The highest BCUT2D eigenvalue weighted by molar-refractivity contribution is 6.32. The van der Waals surface area contributed by atoms with Gasteiger partial charge in [-0.1, -0.05) is 25.4 Å². The molecule has 2 N–H and O–H groups in total. The molecule has 0 amide bonds. The largest absolute Gasteiger partial charge is 0.475 e. The number of rotatable bonds is 6. The number of hydrogen-bond donors (Lipinski definition) is 1. The summed E-state index contributed by atoms with van der Waals surface area (Å²) >= 11 is 5.74. The number of halogens is 1. The molecule has 0 saturated carbocycles. The van der Waals surface area contributed by atoms with Crippen molar-refractivity contribution in [2.75, 3.05) is 32.0 Å². The van der Waals surface area contributed by atoms with Crippen molar-refractivity contribution in [2.45, 2.75) is 13.8 Å². The number of nitrogen functional groups attached to an aromatic ring is 1. The van der Waals surface area contributed by atoms with Gasteiger partial charge in [0.25, 0.3) is 0 Å². The van der Waals surface area contributed by atoms with Crippen molar-refractivity contribution in [2.24, 2.45) is 0 Å². The Morgan fingerprint density at radius 2 is 2.06 bits per heavy atom. The Morgan fingerprint density at radius 3 is 2.69 bits per heavy atom. The fourth-order valence-corrected chi connectivity index (χ4v) is 1.41. The van der Waals surface area contributed by atoms with E-state index in [9.17, 15) is 0 Å². The van der Waals surface area contributed by atoms with Crippen molar-refractivity contribution in [1.29, 1.82) is 0 Å². The maximum Gasteiger partial charge on any atom is 0.241 e. The second-order valence-electron chi connectivity index (χ2n) is 3.26. The van der Waals surface area contributed by atoms with Gasteiger partial charge in [0.1, 0.15) is 18.6 Å². The number of likely N-dealkylation sites (N-methyl/N-ethyl adjacent to an activating group) is 1. The third kappa shape index (κ3) is 3.50. The lowest BCUT2D eigenvalue weighted by atomic mass is 10.5. The van der Waals surface area contributed by atoms with Gasteiger partial charge >= 0.3 is 0 Å². The first-order valence-electron chi connectivity index (χ1n) is 5.30. The average molecular weight is 245 g/mol. The molecule has 1 aromatic rings. The van der Waals surface area contributed by atoms with E-state index in [1.54, 1.807) is 0 Å². The molecule has 1 aromatic heterocycles. The maximum atomic E-state index is 5.74. The quantitative estimate of drug-likeness (QED) is 0.767. The van der Waals surface area contributed by atoms with Crippen LogP contribution >= 0.6 is 11.6 Å². The lowest BCUT2D eigenvalue weighted by molar-refractivity contribution is 0.218. The summed E-state index contributed by atoms with van der Waals surface area (Å²) in [4.78, 5) is 9.93. The molecular weight excluding hydrogens is 228 g/mol. The highest BCUT2D eigenvalue weighted by Crippen LogP contribution is 2.23. The van der Waals surface area contributed by atoms with Gasteiger partial charge < -0.3 is 15.4 Å². The number of nitrogens with two attached hydrogens (primary N) is 1. The van der Waals surface area contributed by atoms with Gasteiger partial charge in [-0.15, -0.1) is 0 Å². The summed E-state index contributed by atoms with van der Waals surface area (Å²) in [5.41, 5.74) is 5.96. The monoisotopic (exact) mass is 244 g/mol.